The highest BCUT2D eigenvalue weighted by Gasteiger charge is 2.22. The number of benzene rings is 2. The number of carbonyl (C=O) groups excluding carboxylic acids is 2. The fraction of sp³-hybridized carbons (Fsp3) is 0.333. The van der Waals surface area contributed by atoms with Crippen LogP contribution >= 0.6 is 23.1 Å². The Morgan fingerprint density at radius 2 is 1.74 bits per heavy atom. The number of thioether (sulfide) groups is 1. The Morgan fingerprint density at radius 1 is 1.05 bits per heavy atom. The van der Waals surface area contributed by atoms with Gasteiger partial charge in [-0.15, -0.1) is 11.3 Å². The maximum atomic E-state index is 13.4. The molecule has 0 saturated carbocycles. The van der Waals surface area contributed by atoms with Crippen LogP contribution in [0.4, 0.5) is 0 Å². The number of sulfonamides is 1. The van der Waals surface area contributed by atoms with Crippen molar-refractivity contribution in [1.82, 2.24) is 20.2 Å². The standard InChI is InChI=1S/C30H35N5O5S3/c1-3-25(28(37)33-19-22-8-6-20(2)7-9-22)42-30-34-24-15-18-41-27(24)29(38)35(30)17-4-5-26(36)32-16-14-21-10-12-23(13-11-21)43(31,39)40/h6-13,15,18,25H,3-5,14,16-17,19H2,1-2H3,(H,32,36)(H,33,37)(H2,31,39,40). The summed E-state index contributed by atoms with van der Waals surface area (Å²) < 4.78 is 24.9. The molecule has 0 aliphatic heterocycles. The number of aromatic nitrogens is 2. The number of nitrogens with zero attached hydrogens (tertiary/aromatic N) is 2. The molecule has 2 aromatic heterocycles. The summed E-state index contributed by atoms with van der Waals surface area (Å²) in [5.41, 5.74) is 3.44. The Bertz CT molecular complexity index is 1730. The summed E-state index contributed by atoms with van der Waals surface area (Å²) >= 11 is 2.59. The summed E-state index contributed by atoms with van der Waals surface area (Å²) in [6.45, 7) is 5.02. The fourth-order valence-corrected chi connectivity index (χ4v) is 6.71. The second kappa shape index (κ2) is 14.8. The van der Waals surface area contributed by atoms with E-state index in [1.54, 1.807) is 22.8 Å². The Balaban J connectivity index is 1.34. The number of fused-ring (bicyclic) bond motifs is 1. The second-order valence-corrected chi connectivity index (χ2v) is 13.7. The largest absolute Gasteiger partial charge is 0.356 e. The zero-order valence-corrected chi connectivity index (χ0v) is 26.5. The van der Waals surface area contributed by atoms with Gasteiger partial charge in [0, 0.05) is 26.1 Å². The van der Waals surface area contributed by atoms with E-state index in [1.165, 1.54) is 35.2 Å². The van der Waals surface area contributed by atoms with E-state index in [1.807, 2.05) is 43.5 Å². The van der Waals surface area contributed by atoms with Gasteiger partial charge in [-0.25, -0.2) is 18.5 Å². The molecular weight excluding hydrogens is 607 g/mol. The van der Waals surface area contributed by atoms with Crippen LogP contribution in [0.3, 0.4) is 0 Å². The van der Waals surface area contributed by atoms with Crippen molar-refractivity contribution < 1.29 is 18.0 Å². The maximum Gasteiger partial charge on any atom is 0.272 e. The Hall–Kier alpha value is -3.52. The van der Waals surface area contributed by atoms with E-state index in [9.17, 15) is 22.8 Å². The lowest BCUT2D eigenvalue weighted by Crippen LogP contribution is -2.33. The Morgan fingerprint density at radius 3 is 2.42 bits per heavy atom. The highest BCUT2D eigenvalue weighted by atomic mass is 32.2. The molecule has 4 N–H and O–H groups in total. The number of rotatable bonds is 14. The van der Waals surface area contributed by atoms with E-state index in [0.29, 0.717) is 47.7 Å². The number of primary sulfonamides is 1. The van der Waals surface area contributed by atoms with Crippen molar-refractivity contribution in [1.29, 1.82) is 0 Å². The monoisotopic (exact) mass is 641 g/mol. The molecule has 0 aliphatic rings. The minimum absolute atomic E-state index is 0.0384. The van der Waals surface area contributed by atoms with Gasteiger partial charge in [0.05, 0.1) is 15.7 Å². The average molecular weight is 642 g/mol. The van der Waals surface area contributed by atoms with Crippen LogP contribution in [0.1, 0.15) is 42.9 Å². The van der Waals surface area contributed by atoms with Crippen molar-refractivity contribution in [3.8, 4) is 0 Å². The molecule has 0 aliphatic carbocycles. The number of nitrogens with two attached hydrogens (primary N) is 1. The van der Waals surface area contributed by atoms with Crippen LogP contribution in [0.2, 0.25) is 0 Å². The van der Waals surface area contributed by atoms with Gasteiger partial charge in [-0.3, -0.25) is 19.0 Å². The molecule has 0 radical (unpaired) electrons. The molecule has 0 fully saturated rings. The first-order valence-electron chi connectivity index (χ1n) is 13.9. The first kappa shape index (κ1) is 32.4. The molecule has 4 rings (SSSR count). The van der Waals surface area contributed by atoms with Gasteiger partial charge in [0.2, 0.25) is 21.8 Å². The number of aryl methyl sites for hydroxylation is 1. The third-order valence-corrected chi connectivity index (χ3v) is 9.98. The van der Waals surface area contributed by atoms with Crippen LogP contribution in [0.5, 0.6) is 0 Å². The quantitative estimate of drug-likeness (QED) is 0.140. The molecular formula is C30H35N5O5S3. The zero-order chi connectivity index (χ0) is 31.0. The van der Waals surface area contributed by atoms with Crippen LogP contribution in [-0.2, 0) is 39.1 Å². The number of carbonyl (C=O) groups is 2. The topological polar surface area (TPSA) is 153 Å². The fourth-order valence-electron chi connectivity index (χ4n) is 4.35. The van der Waals surface area contributed by atoms with Gasteiger partial charge in [-0.2, -0.15) is 0 Å². The SMILES string of the molecule is CCC(Sc1nc2ccsc2c(=O)n1CCCC(=O)NCCc1ccc(S(N)(=O)=O)cc1)C(=O)NCc1ccc(C)cc1. The summed E-state index contributed by atoms with van der Waals surface area (Å²) in [5.74, 6) is -0.284. The van der Waals surface area contributed by atoms with Crippen molar-refractivity contribution >= 4 is 55.2 Å². The number of thiophene rings is 1. The summed E-state index contributed by atoms with van der Waals surface area (Å²) in [6.07, 6.45) is 1.70. The van der Waals surface area contributed by atoms with Crippen molar-refractivity contribution in [2.75, 3.05) is 6.54 Å². The molecule has 1 atom stereocenters. The molecule has 10 nitrogen and oxygen atoms in total. The summed E-state index contributed by atoms with van der Waals surface area (Å²) in [6, 6.07) is 16.0. The number of hydrogen-bond acceptors (Lipinski definition) is 8. The first-order valence-corrected chi connectivity index (χ1v) is 17.2. The third kappa shape index (κ3) is 8.99. The van der Waals surface area contributed by atoms with Crippen molar-refractivity contribution in [3.63, 3.8) is 0 Å². The van der Waals surface area contributed by atoms with Crippen molar-refractivity contribution in [2.45, 2.75) is 67.9 Å². The summed E-state index contributed by atoms with van der Waals surface area (Å²) in [7, 11) is -3.75. The van der Waals surface area contributed by atoms with Gasteiger partial charge < -0.3 is 10.6 Å². The zero-order valence-electron chi connectivity index (χ0n) is 24.0. The lowest BCUT2D eigenvalue weighted by atomic mass is 10.1. The summed E-state index contributed by atoms with van der Waals surface area (Å²) in [4.78, 5) is 43.7. The maximum absolute atomic E-state index is 13.4. The molecule has 4 aromatic rings. The van der Waals surface area contributed by atoms with E-state index in [0.717, 1.165) is 16.7 Å². The van der Waals surface area contributed by atoms with E-state index < -0.39 is 15.3 Å². The van der Waals surface area contributed by atoms with E-state index in [2.05, 4.69) is 10.6 Å². The molecule has 43 heavy (non-hydrogen) atoms. The Labute approximate surface area is 259 Å². The van der Waals surface area contributed by atoms with E-state index >= 15 is 0 Å². The number of hydrogen-bond donors (Lipinski definition) is 3. The first-order chi connectivity index (χ1) is 20.5. The number of nitrogens with one attached hydrogen (secondary N) is 2. The lowest BCUT2D eigenvalue weighted by Gasteiger charge is -2.17. The van der Waals surface area contributed by atoms with Gasteiger partial charge in [0.25, 0.3) is 5.56 Å². The van der Waals surface area contributed by atoms with Gasteiger partial charge in [0.15, 0.2) is 5.16 Å². The van der Waals surface area contributed by atoms with Crippen molar-refractivity contribution in [2.24, 2.45) is 5.14 Å². The minimum atomic E-state index is -3.75. The highest BCUT2D eigenvalue weighted by Crippen LogP contribution is 2.26. The highest BCUT2D eigenvalue weighted by molar-refractivity contribution is 8.00. The molecule has 13 heteroatoms. The second-order valence-electron chi connectivity index (χ2n) is 10.1. The van der Waals surface area contributed by atoms with Gasteiger partial charge in [0.1, 0.15) is 4.70 Å². The van der Waals surface area contributed by atoms with Gasteiger partial charge in [-0.1, -0.05) is 60.6 Å². The van der Waals surface area contributed by atoms with Crippen LogP contribution in [0.25, 0.3) is 10.2 Å². The van der Waals surface area contributed by atoms with Gasteiger partial charge in [-0.05, 0) is 60.9 Å². The van der Waals surface area contributed by atoms with Crippen LogP contribution < -0.4 is 21.3 Å². The third-order valence-electron chi connectivity index (χ3n) is 6.80. The molecule has 2 aromatic carbocycles. The molecule has 0 saturated heterocycles. The molecule has 2 amide bonds. The van der Waals surface area contributed by atoms with Gasteiger partial charge >= 0.3 is 0 Å². The average Bonchev–Trinajstić information content (AvgIpc) is 3.45. The lowest BCUT2D eigenvalue weighted by molar-refractivity contribution is -0.121. The summed E-state index contributed by atoms with van der Waals surface area (Å²) in [5, 5.41) is 12.8. The predicted octanol–water partition coefficient (Wildman–Crippen LogP) is 3.74. The molecule has 0 bridgehead atoms. The molecule has 0 spiro atoms. The molecule has 228 valence electrons. The van der Waals surface area contributed by atoms with Crippen LogP contribution in [-0.4, -0.2) is 41.6 Å². The predicted molar refractivity (Wildman–Crippen MR) is 171 cm³/mol. The van der Waals surface area contributed by atoms with Crippen LogP contribution in [0, 0.1) is 6.92 Å². The van der Waals surface area contributed by atoms with E-state index in [-0.39, 0.29) is 35.2 Å². The molecule has 1 unspecified atom stereocenters. The normalized spacial score (nSPS) is 12.3. The minimum Gasteiger partial charge on any atom is -0.356 e. The van der Waals surface area contributed by atoms with E-state index in [4.69, 9.17) is 10.1 Å². The Kier molecular flexibility index (Phi) is 11.1. The molecule has 2 heterocycles. The van der Waals surface area contributed by atoms with Crippen LogP contribution in [0.15, 0.2) is 74.8 Å². The number of amides is 2. The van der Waals surface area contributed by atoms with Crippen molar-refractivity contribution in [3.05, 3.63) is 87.0 Å². The smallest absolute Gasteiger partial charge is 0.272 e.